The van der Waals surface area contributed by atoms with Gasteiger partial charge in [-0.1, -0.05) is 15.9 Å². The van der Waals surface area contributed by atoms with Gasteiger partial charge in [0, 0.05) is 35.8 Å². The number of halogens is 1. The highest BCUT2D eigenvalue weighted by molar-refractivity contribution is 9.09. The van der Waals surface area contributed by atoms with Crippen LogP contribution in [0, 0.1) is 11.8 Å². The molecule has 0 aliphatic carbocycles. The first-order valence-corrected chi connectivity index (χ1v) is 11.1. The highest BCUT2D eigenvalue weighted by Gasteiger charge is 2.75. The topological polar surface area (TPSA) is 98.7 Å². The molecule has 27 heavy (non-hydrogen) atoms. The maximum Gasteiger partial charge on any atom is 0.244 e. The van der Waals surface area contributed by atoms with Gasteiger partial charge in [-0.2, -0.15) is 0 Å². The first-order chi connectivity index (χ1) is 12.6. The molecule has 3 unspecified atom stereocenters. The standard InChI is InChI=1S/C18H28BrN3O4S/c1-17(2,3)21-15(25)13-18-8-9(19)12(27-18)10(14(24)20-4)11(18)16(26)22(13)6-5-7-23/h9-13,23H,5-8H2,1-4H3,(H,20,24)(H,21,25)/t9?,10-,11-,12-,13?,18?/m0/s1. The molecular formula is C18H28BrN3O4S. The quantitative estimate of drug-likeness (QED) is 0.517. The van der Waals surface area contributed by atoms with E-state index in [0.717, 1.165) is 0 Å². The highest BCUT2D eigenvalue weighted by Crippen LogP contribution is 2.67. The number of alkyl halides is 1. The lowest BCUT2D eigenvalue weighted by Gasteiger charge is -2.36. The second kappa shape index (κ2) is 7.22. The second-order valence-corrected chi connectivity index (χ2v) is 11.3. The van der Waals surface area contributed by atoms with Gasteiger partial charge in [0.2, 0.25) is 17.7 Å². The summed E-state index contributed by atoms with van der Waals surface area (Å²) in [6, 6.07) is -0.634. The van der Waals surface area contributed by atoms with Crippen LogP contribution in [0.2, 0.25) is 0 Å². The summed E-state index contributed by atoms with van der Waals surface area (Å²) in [5.74, 6) is -1.41. The van der Waals surface area contributed by atoms with Crippen molar-refractivity contribution in [3.63, 3.8) is 0 Å². The molecule has 1 spiro atoms. The minimum atomic E-state index is -0.634. The zero-order chi connectivity index (χ0) is 20.1. The van der Waals surface area contributed by atoms with Crippen molar-refractivity contribution >= 4 is 45.4 Å². The fourth-order valence-electron chi connectivity index (χ4n) is 4.82. The van der Waals surface area contributed by atoms with Crippen LogP contribution in [0.5, 0.6) is 0 Å². The number of likely N-dealkylation sites (tertiary alicyclic amines) is 1. The third-order valence-corrected chi connectivity index (χ3v) is 8.86. The molecule has 6 atom stereocenters. The molecule has 3 fully saturated rings. The van der Waals surface area contributed by atoms with Crippen LogP contribution in [-0.2, 0) is 14.4 Å². The molecule has 0 aromatic carbocycles. The Morgan fingerprint density at radius 1 is 1.37 bits per heavy atom. The van der Waals surface area contributed by atoms with Gasteiger partial charge in [-0.05, 0) is 33.6 Å². The van der Waals surface area contributed by atoms with Crippen molar-refractivity contribution in [1.82, 2.24) is 15.5 Å². The van der Waals surface area contributed by atoms with E-state index in [4.69, 9.17) is 0 Å². The summed E-state index contributed by atoms with van der Waals surface area (Å²) in [5, 5.41) is 15.0. The summed E-state index contributed by atoms with van der Waals surface area (Å²) in [6.07, 6.45) is 1.08. The molecule has 3 saturated heterocycles. The number of fused-ring (bicyclic) bond motifs is 1. The van der Waals surface area contributed by atoms with E-state index >= 15 is 0 Å². The lowest BCUT2D eigenvalue weighted by atomic mass is 9.70. The van der Waals surface area contributed by atoms with Gasteiger partial charge in [0.15, 0.2) is 0 Å². The number of nitrogens with one attached hydrogen (secondary N) is 2. The molecule has 3 rings (SSSR count). The average molecular weight is 462 g/mol. The monoisotopic (exact) mass is 461 g/mol. The van der Waals surface area contributed by atoms with E-state index in [1.807, 2.05) is 20.8 Å². The van der Waals surface area contributed by atoms with Crippen molar-refractivity contribution in [2.45, 2.75) is 60.0 Å². The lowest BCUT2D eigenvalue weighted by Crippen LogP contribution is -2.57. The summed E-state index contributed by atoms with van der Waals surface area (Å²) in [7, 11) is 1.58. The summed E-state index contributed by atoms with van der Waals surface area (Å²) in [4.78, 5) is 40.9. The minimum Gasteiger partial charge on any atom is -0.396 e. The molecule has 0 saturated carbocycles. The molecule has 3 N–H and O–H groups in total. The van der Waals surface area contributed by atoms with Crippen LogP contribution in [0.25, 0.3) is 0 Å². The van der Waals surface area contributed by atoms with Gasteiger partial charge in [0.1, 0.15) is 6.04 Å². The van der Waals surface area contributed by atoms with E-state index in [1.165, 1.54) is 0 Å². The number of thioether (sulfide) groups is 1. The van der Waals surface area contributed by atoms with Crippen molar-refractivity contribution in [3.05, 3.63) is 0 Å². The van der Waals surface area contributed by atoms with Crippen LogP contribution in [0.15, 0.2) is 0 Å². The molecule has 3 heterocycles. The van der Waals surface area contributed by atoms with Crippen LogP contribution in [0.1, 0.15) is 33.6 Å². The van der Waals surface area contributed by atoms with Gasteiger partial charge in [0.25, 0.3) is 0 Å². The summed E-state index contributed by atoms with van der Waals surface area (Å²) >= 11 is 5.31. The zero-order valence-electron chi connectivity index (χ0n) is 16.1. The smallest absolute Gasteiger partial charge is 0.244 e. The Morgan fingerprint density at radius 3 is 2.59 bits per heavy atom. The highest BCUT2D eigenvalue weighted by atomic mass is 79.9. The molecule has 3 aliphatic heterocycles. The van der Waals surface area contributed by atoms with Crippen molar-refractivity contribution in [1.29, 1.82) is 0 Å². The Balaban J connectivity index is 2.03. The van der Waals surface area contributed by atoms with Gasteiger partial charge in [-0.15, -0.1) is 11.8 Å². The molecule has 2 bridgehead atoms. The van der Waals surface area contributed by atoms with Crippen LogP contribution in [0.4, 0.5) is 0 Å². The summed E-state index contributed by atoms with van der Waals surface area (Å²) in [5.41, 5.74) is -0.424. The SMILES string of the molecule is CNC(=O)[C@H]1[C@H]2C(=O)N(CCCO)C(C(=O)NC(C)(C)C)C23CC(Br)[C@@H]1S3. The fraction of sp³-hybridized carbons (Fsp3) is 0.833. The Labute approximate surface area is 172 Å². The van der Waals surface area contributed by atoms with Crippen LogP contribution in [0.3, 0.4) is 0 Å². The number of carbonyl (C=O) groups is 3. The predicted octanol–water partition coefficient (Wildman–Crippen LogP) is 0.494. The Hall–Kier alpha value is -0.800. The van der Waals surface area contributed by atoms with Crippen molar-refractivity contribution in [3.8, 4) is 0 Å². The van der Waals surface area contributed by atoms with Crippen molar-refractivity contribution < 1.29 is 19.5 Å². The molecule has 3 amide bonds. The number of carbonyl (C=O) groups excluding carboxylic acids is 3. The van der Waals surface area contributed by atoms with Gasteiger partial charge in [0.05, 0.1) is 16.6 Å². The summed E-state index contributed by atoms with van der Waals surface area (Å²) in [6.45, 7) is 6.00. The Morgan fingerprint density at radius 2 is 2.04 bits per heavy atom. The number of aliphatic hydroxyl groups excluding tert-OH is 1. The number of amides is 3. The average Bonchev–Trinajstić information content (AvgIpc) is 3.14. The molecule has 9 heteroatoms. The zero-order valence-corrected chi connectivity index (χ0v) is 18.5. The van der Waals surface area contributed by atoms with Gasteiger partial charge in [-0.25, -0.2) is 0 Å². The van der Waals surface area contributed by atoms with Crippen LogP contribution >= 0.6 is 27.7 Å². The van der Waals surface area contributed by atoms with E-state index in [2.05, 4.69) is 26.6 Å². The third-order valence-electron chi connectivity index (χ3n) is 5.64. The Kier molecular flexibility index (Phi) is 5.60. The van der Waals surface area contributed by atoms with Crippen molar-refractivity contribution in [2.75, 3.05) is 20.2 Å². The largest absolute Gasteiger partial charge is 0.396 e. The Bertz CT molecular complexity index is 655. The van der Waals surface area contributed by atoms with Crippen LogP contribution < -0.4 is 10.6 Å². The molecule has 0 radical (unpaired) electrons. The van der Waals surface area contributed by atoms with E-state index < -0.39 is 28.2 Å². The maximum atomic E-state index is 13.4. The molecule has 3 aliphatic rings. The second-order valence-electron chi connectivity index (χ2n) is 8.63. The van der Waals surface area contributed by atoms with Crippen LogP contribution in [-0.4, -0.2) is 74.3 Å². The molecular weight excluding hydrogens is 434 g/mol. The number of hydrogen-bond donors (Lipinski definition) is 3. The number of hydrogen-bond acceptors (Lipinski definition) is 5. The predicted molar refractivity (Wildman–Crippen MR) is 108 cm³/mol. The minimum absolute atomic E-state index is 0.0242. The first-order valence-electron chi connectivity index (χ1n) is 9.34. The van der Waals surface area contributed by atoms with E-state index in [-0.39, 0.29) is 34.4 Å². The molecule has 152 valence electrons. The fourth-order valence-corrected chi connectivity index (χ4v) is 8.43. The normalized spacial score (nSPS) is 37.5. The first kappa shape index (κ1) is 20.9. The number of aliphatic hydroxyl groups is 1. The number of nitrogens with zero attached hydrogens (tertiary/aromatic N) is 1. The van der Waals surface area contributed by atoms with Gasteiger partial charge >= 0.3 is 0 Å². The van der Waals surface area contributed by atoms with Gasteiger partial charge in [-0.3, -0.25) is 14.4 Å². The van der Waals surface area contributed by atoms with E-state index in [9.17, 15) is 19.5 Å². The van der Waals surface area contributed by atoms with Crippen molar-refractivity contribution in [2.24, 2.45) is 11.8 Å². The molecule has 0 aromatic heterocycles. The number of rotatable bonds is 5. The summed E-state index contributed by atoms with van der Waals surface area (Å²) < 4.78 is -0.613. The molecule has 7 nitrogen and oxygen atoms in total. The lowest BCUT2D eigenvalue weighted by molar-refractivity contribution is -0.140. The van der Waals surface area contributed by atoms with Gasteiger partial charge < -0.3 is 20.6 Å². The third kappa shape index (κ3) is 3.29. The van der Waals surface area contributed by atoms with E-state index in [0.29, 0.717) is 19.4 Å². The maximum absolute atomic E-state index is 13.4. The van der Waals surface area contributed by atoms with E-state index in [1.54, 1.807) is 23.7 Å². The molecule has 0 aromatic rings.